The van der Waals surface area contributed by atoms with Crippen LogP contribution in [0.4, 0.5) is 19.1 Å². The number of methoxy groups -OCH3 is 1. The van der Waals surface area contributed by atoms with Crippen molar-refractivity contribution in [2.24, 2.45) is 0 Å². The first-order valence-electron chi connectivity index (χ1n) is 12.3. The van der Waals surface area contributed by atoms with Crippen molar-refractivity contribution in [1.82, 2.24) is 34.5 Å². The van der Waals surface area contributed by atoms with Gasteiger partial charge in [-0.3, -0.25) is 4.90 Å². The van der Waals surface area contributed by atoms with Gasteiger partial charge in [0.25, 0.3) is 0 Å². The van der Waals surface area contributed by atoms with Gasteiger partial charge in [0.2, 0.25) is 18.3 Å². The lowest BCUT2D eigenvalue weighted by atomic mass is 10.0. The number of nitrogens with zero attached hydrogens (tertiary/aromatic N) is 7. The molecule has 0 saturated carbocycles. The monoisotopic (exact) mass is 516 g/mol. The van der Waals surface area contributed by atoms with Gasteiger partial charge in [-0.1, -0.05) is 11.3 Å². The lowest BCUT2D eigenvalue weighted by Gasteiger charge is -2.41. The van der Waals surface area contributed by atoms with Crippen molar-refractivity contribution >= 4 is 22.5 Å². The van der Waals surface area contributed by atoms with Gasteiger partial charge in [-0.15, -0.1) is 10.2 Å². The van der Waals surface area contributed by atoms with E-state index in [1.54, 1.807) is 18.2 Å². The highest BCUT2D eigenvalue weighted by Crippen LogP contribution is 2.35. The number of piperidine rings is 1. The maximum atomic E-state index is 15.3. The average Bonchev–Trinajstić information content (AvgIpc) is 3.41. The van der Waals surface area contributed by atoms with E-state index in [0.717, 1.165) is 39.1 Å². The topological polar surface area (TPSA) is 94.6 Å². The van der Waals surface area contributed by atoms with E-state index in [-0.39, 0.29) is 30.5 Å². The molecule has 3 aromatic heterocycles. The van der Waals surface area contributed by atoms with E-state index in [1.165, 1.54) is 22.5 Å². The van der Waals surface area contributed by atoms with Crippen LogP contribution in [0, 0.1) is 5.82 Å². The van der Waals surface area contributed by atoms with E-state index in [9.17, 15) is 8.78 Å². The van der Waals surface area contributed by atoms with Crippen molar-refractivity contribution in [1.29, 1.82) is 0 Å². The Morgan fingerprint density at radius 2 is 2.03 bits per heavy atom. The van der Waals surface area contributed by atoms with Crippen LogP contribution in [-0.4, -0.2) is 86.4 Å². The van der Waals surface area contributed by atoms with Crippen LogP contribution in [-0.2, 0) is 11.3 Å². The van der Waals surface area contributed by atoms with Crippen LogP contribution in [0.1, 0.15) is 19.3 Å². The van der Waals surface area contributed by atoms with Crippen molar-refractivity contribution in [3.05, 3.63) is 30.2 Å². The van der Waals surface area contributed by atoms with Crippen LogP contribution in [0.15, 0.2) is 24.4 Å². The highest BCUT2D eigenvalue weighted by Gasteiger charge is 2.30. The van der Waals surface area contributed by atoms with Gasteiger partial charge in [-0.25, -0.2) is 22.4 Å². The maximum Gasteiger partial charge on any atom is 0.244 e. The minimum absolute atomic E-state index is 0.00539. The van der Waals surface area contributed by atoms with Crippen LogP contribution in [0.3, 0.4) is 0 Å². The zero-order chi connectivity index (χ0) is 25.5. The molecule has 0 atom stereocenters. The fourth-order valence-electron chi connectivity index (χ4n) is 5.03. The van der Waals surface area contributed by atoms with Crippen LogP contribution >= 0.6 is 0 Å². The molecule has 2 aliphatic rings. The molecule has 0 amide bonds. The predicted molar refractivity (Wildman–Crippen MR) is 129 cm³/mol. The summed E-state index contributed by atoms with van der Waals surface area (Å²) in [4.78, 5) is 6.98. The van der Waals surface area contributed by atoms with Gasteiger partial charge in [0, 0.05) is 32.1 Å². The number of likely N-dealkylation sites (tertiary alicyclic amines) is 1. The number of benzene rings is 1. The third-order valence-corrected chi connectivity index (χ3v) is 7.11. The highest BCUT2D eigenvalue weighted by atomic mass is 19.3. The molecule has 0 unspecified atom stereocenters. The first kappa shape index (κ1) is 23.9. The Hall–Kier alpha value is -3.45. The lowest BCUT2D eigenvalue weighted by Crippen LogP contribution is -2.53. The second-order valence-electron chi connectivity index (χ2n) is 9.43. The number of hydrogen-bond donors (Lipinski definition) is 1. The van der Waals surface area contributed by atoms with Gasteiger partial charge in [0.05, 0.1) is 43.6 Å². The van der Waals surface area contributed by atoms with E-state index in [1.807, 2.05) is 0 Å². The van der Waals surface area contributed by atoms with Crippen LogP contribution < -0.4 is 10.1 Å². The molecule has 10 nitrogen and oxygen atoms in total. The number of fused-ring (bicyclic) bond motifs is 2. The smallest absolute Gasteiger partial charge is 0.244 e. The van der Waals surface area contributed by atoms with Crippen LogP contribution in [0.2, 0.25) is 0 Å². The van der Waals surface area contributed by atoms with Crippen LogP contribution in [0.5, 0.6) is 5.88 Å². The Labute approximate surface area is 210 Å². The summed E-state index contributed by atoms with van der Waals surface area (Å²) in [5.41, 5.74) is 2.21. The SMILES string of the molecule is COc1nc(NC2CCN(C3COC3)CC2)nn2cc(F)c(-c3ccc4nnn(CCC(F)F)c4c3)c12. The summed E-state index contributed by atoms with van der Waals surface area (Å²) >= 11 is 0. The van der Waals surface area contributed by atoms with Gasteiger partial charge in [-0.05, 0) is 30.5 Å². The van der Waals surface area contributed by atoms with E-state index < -0.39 is 12.2 Å². The number of halogens is 3. The molecule has 0 bridgehead atoms. The van der Waals surface area contributed by atoms with E-state index in [0.29, 0.717) is 34.1 Å². The minimum Gasteiger partial charge on any atom is -0.479 e. The molecule has 37 heavy (non-hydrogen) atoms. The summed E-state index contributed by atoms with van der Waals surface area (Å²) in [5.74, 6) is 0.0812. The summed E-state index contributed by atoms with van der Waals surface area (Å²) in [5, 5.41) is 15.9. The molecule has 13 heteroatoms. The molecular formula is C24H27F3N8O2. The molecule has 6 rings (SSSR count). The molecule has 5 heterocycles. The summed E-state index contributed by atoms with van der Waals surface area (Å²) in [6.45, 7) is 3.55. The number of anilines is 1. The quantitative estimate of drug-likeness (QED) is 0.382. The number of ether oxygens (including phenoxy) is 2. The molecule has 0 aliphatic carbocycles. The number of alkyl halides is 2. The molecule has 0 radical (unpaired) electrons. The molecule has 2 aliphatic heterocycles. The largest absolute Gasteiger partial charge is 0.479 e. The Kier molecular flexibility index (Phi) is 6.32. The summed E-state index contributed by atoms with van der Waals surface area (Å²) in [6, 6.07) is 5.80. The van der Waals surface area contributed by atoms with Gasteiger partial charge < -0.3 is 14.8 Å². The van der Waals surface area contributed by atoms with Crippen molar-refractivity contribution in [2.75, 3.05) is 38.7 Å². The third-order valence-electron chi connectivity index (χ3n) is 7.11. The number of aryl methyl sites for hydroxylation is 1. The van der Waals surface area contributed by atoms with Gasteiger partial charge in [0.15, 0.2) is 5.82 Å². The lowest BCUT2D eigenvalue weighted by molar-refractivity contribution is -0.0705. The molecule has 196 valence electrons. The molecule has 4 aromatic rings. The minimum atomic E-state index is -2.45. The Morgan fingerprint density at radius 1 is 1.22 bits per heavy atom. The first-order chi connectivity index (χ1) is 18.0. The Balaban J connectivity index is 1.29. The fraction of sp³-hybridized carbons (Fsp3) is 0.500. The van der Waals surface area contributed by atoms with Gasteiger partial charge >= 0.3 is 0 Å². The Morgan fingerprint density at radius 3 is 2.73 bits per heavy atom. The zero-order valence-corrected chi connectivity index (χ0v) is 20.3. The third kappa shape index (κ3) is 4.57. The van der Waals surface area contributed by atoms with Crippen molar-refractivity contribution < 1.29 is 22.6 Å². The van der Waals surface area contributed by atoms with Gasteiger partial charge in [0.1, 0.15) is 11.0 Å². The number of rotatable bonds is 8. The predicted octanol–water partition coefficient (Wildman–Crippen LogP) is 3.22. The van der Waals surface area contributed by atoms with Crippen molar-refractivity contribution in [3.63, 3.8) is 0 Å². The zero-order valence-electron chi connectivity index (χ0n) is 20.3. The first-order valence-corrected chi connectivity index (χ1v) is 12.3. The van der Waals surface area contributed by atoms with Gasteiger partial charge in [-0.2, -0.15) is 4.98 Å². The van der Waals surface area contributed by atoms with Crippen molar-refractivity contribution in [2.45, 2.75) is 44.3 Å². The van der Waals surface area contributed by atoms with E-state index in [4.69, 9.17) is 9.47 Å². The second-order valence-corrected chi connectivity index (χ2v) is 9.43. The number of hydrogen-bond acceptors (Lipinski definition) is 8. The maximum absolute atomic E-state index is 15.3. The normalized spacial score (nSPS) is 17.6. The molecule has 2 saturated heterocycles. The Bertz CT molecular complexity index is 1410. The molecule has 0 spiro atoms. The highest BCUT2D eigenvalue weighted by molar-refractivity contribution is 5.89. The molecule has 2 fully saturated rings. The van der Waals surface area contributed by atoms with E-state index in [2.05, 4.69) is 30.6 Å². The van der Waals surface area contributed by atoms with Crippen molar-refractivity contribution in [3.8, 4) is 17.0 Å². The second kappa shape index (κ2) is 9.78. The standard InChI is InChI=1S/C24H27F3N8O2/c1-36-23-22-21(14-2-3-18-19(10-14)34(32-30-18)9-6-20(26)27)17(25)11-35(22)31-24(29-23)28-15-4-7-33(8-5-15)16-12-37-13-16/h2-3,10-11,15-16,20H,4-9,12-13H2,1H3,(H,28,31). The molecule has 1 N–H and O–H groups in total. The fourth-order valence-corrected chi connectivity index (χ4v) is 5.03. The summed E-state index contributed by atoms with van der Waals surface area (Å²) < 4.78 is 54.5. The van der Waals surface area contributed by atoms with Crippen LogP contribution in [0.25, 0.3) is 27.7 Å². The summed E-state index contributed by atoms with van der Waals surface area (Å²) in [7, 11) is 1.48. The summed E-state index contributed by atoms with van der Waals surface area (Å²) in [6.07, 6.45) is 0.370. The average molecular weight is 517 g/mol. The van der Waals surface area contributed by atoms with E-state index >= 15 is 4.39 Å². The molecule has 1 aromatic carbocycles. The number of aromatic nitrogens is 6. The molecular weight excluding hydrogens is 489 g/mol. The number of nitrogens with one attached hydrogen (secondary N) is 1.